The molecule has 22 heavy (non-hydrogen) atoms. The predicted octanol–water partition coefficient (Wildman–Crippen LogP) is 4.71. The van der Waals surface area contributed by atoms with Crippen molar-refractivity contribution in [1.29, 1.82) is 0 Å². The Bertz CT molecular complexity index is 707. The van der Waals surface area contributed by atoms with E-state index in [0.717, 1.165) is 11.1 Å². The number of carbonyl (C=O) groups excluding carboxylic acids is 1. The van der Waals surface area contributed by atoms with E-state index in [0.29, 0.717) is 28.7 Å². The van der Waals surface area contributed by atoms with Gasteiger partial charge in [0.05, 0.1) is 0 Å². The van der Waals surface area contributed by atoms with Crippen molar-refractivity contribution in [3.05, 3.63) is 65.7 Å². The third-order valence-corrected chi connectivity index (χ3v) is 3.33. The zero-order chi connectivity index (χ0) is 16.1. The van der Waals surface area contributed by atoms with Gasteiger partial charge in [0.25, 0.3) is 0 Å². The molecule has 0 aliphatic carbocycles. The van der Waals surface area contributed by atoms with Gasteiger partial charge in [-0.25, -0.2) is 0 Å². The van der Waals surface area contributed by atoms with Crippen LogP contribution in [0.15, 0.2) is 49.0 Å². The number of carbonyl (C=O) groups is 1. The minimum atomic E-state index is -0.401. The Kier molecular flexibility index (Phi) is 5.23. The van der Waals surface area contributed by atoms with Gasteiger partial charge in [0.1, 0.15) is 18.1 Å². The molecule has 3 nitrogen and oxygen atoms in total. The Labute approximate surface area is 135 Å². The van der Waals surface area contributed by atoms with Crippen LogP contribution < -0.4 is 9.47 Å². The predicted molar refractivity (Wildman–Crippen MR) is 88.1 cm³/mol. The molecule has 0 radical (unpaired) electrons. The summed E-state index contributed by atoms with van der Waals surface area (Å²) in [4.78, 5) is 11.1. The van der Waals surface area contributed by atoms with Gasteiger partial charge in [0.2, 0.25) is 0 Å². The fourth-order valence-corrected chi connectivity index (χ4v) is 2.08. The fourth-order valence-electron chi connectivity index (χ4n) is 1.97. The van der Waals surface area contributed by atoms with Crippen LogP contribution in [0, 0.1) is 6.92 Å². The second-order valence-corrected chi connectivity index (χ2v) is 5.36. The van der Waals surface area contributed by atoms with Crippen molar-refractivity contribution >= 4 is 22.6 Å². The van der Waals surface area contributed by atoms with E-state index in [1.165, 1.54) is 6.92 Å². The Balaban J connectivity index is 2.22. The van der Waals surface area contributed by atoms with Gasteiger partial charge in [-0.2, -0.15) is 0 Å². The van der Waals surface area contributed by atoms with Crippen LogP contribution in [0.5, 0.6) is 11.5 Å². The minimum absolute atomic E-state index is 0.356. The van der Waals surface area contributed by atoms with Crippen LogP contribution in [-0.2, 0) is 11.4 Å². The maximum absolute atomic E-state index is 11.1. The highest BCUT2D eigenvalue weighted by Gasteiger charge is 2.07. The highest BCUT2D eigenvalue weighted by Crippen LogP contribution is 2.29. The zero-order valence-corrected chi connectivity index (χ0v) is 13.3. The van der Waals surface area contributed by atoms with Gasteiger partial charge >= 0.3 is 5.97 Å². The lowest BCUT2D eigenvalue weighted by Gasteiger charge is -2.12. The second kappa shape index (κ2) is 7.14. The molecule has 2 aromatic carbocycles. The van der Waals surface area contributed by atoms with Crippen molar-refractivity contribution in [2.75, 3.05) is 0 Å². The van der Waals surface area contributed by atoms with Crippen molar-refractivity contribution in [2.45, 2.75) is 20.5 Å². The van der Waals surface area contributed by atoms with E-state index < -0.39 is 5.97 Å². The normalized spacial score (nSPS) is 10.1. The fraction of sp³-hybridized carbons (Fsp3) is 0.167. The average molecular weight is 317 g/mol. The first kappa shape index (κ1) is 16.1. The molecule has 0 spiro atoms. The van der Waals surface area contributed by atoms with E-state index in [9.17, 15) is 4.79 Å². The van der Waals surface area contributed by atoms with Crippen molar-refractivity contribution < 1.29 is 14.3 Å². The Morgan fingerprint density at radius 3 is 2.50 bits per heavy atom. The first-order valence-corrected chi connectivity index (χ1v) is 7.19. The first-order chi connectivity index (χ1) is 10.5. The molecule has 114 valence electrons. The van der Waals surface area contributed by atoms with E-state index in [1.807, 2.05) is 31.2 Å². The number of aryl methyl sites for hydroxylation is 1. The Morgan fingerprint density at radius 2 is 1.86 bits per heavy atom. The molecule has 0 N–H and O–H groups in total. The summed E-state index contributed by atoms with van der Waals surface area (Å²) in [5.74, 6) is 0.549. The topological polar surface area (TPSA) is 35.5 Å². The van der Waals surface area contributed by atoms with Crippen molar-refractivity contribution in [3.63, 3.8) is 0 Å². The summed E-state index contributed by atoms with van der Waals surface area (Å²) in [7, 11) is 0. The smallest absolute Gasteiger partial charge is 0.308 e. The Morgan fingerprint density at radius 1 is 1.18 bits per heavy atom. The molecular weight excluding hydrogens is 300 g/mol. The number of hydrogen-bond acceptors (Lipinski definition) is 3. The van der Waals surface area contributed by atoms with Gasteiger partial charge in [-0.3, -0.25) is 4.79 Å². The number of ether oxygens (including phenoxy) is 2. The summed E-state index contributed by atoms with van der Waals surface area (Å²) in [6, 6.07) is 13.1. The van der Waals surface area contributed by atoms with Gasteiger partial charge in [-0.05, 0) is 35.7 Å². The number of halogens is 1. The van der Waals surface area contributed by atoms with E-state index in [2.05, 4.69) is 6.58 Å². The number of rotatable bonds is 5. The molecule has 0 aliphatic heterocycles. The van der Waals surface area contributed by atoms with E-state index in [-0.39, 0.29) is 0 Å². The maximum atomic E-state index is 11.1. The maximum Gasteiger partial charge on any atom is 0.308 e. The minimum Gasteiger partial charge on any atom is -0.489 e. The monoisotopic (exact) mass is 316 g/mol. The number of benzene rings is 2. The second-order valence-electron chi connectivity index (χ2n) is 4.91. The van der Waals surface area contributed by atoms with Crippen LogP contribution in [0.4, 0.5) is 0 Å². The van der Waals surface area contributed by atoms with Crippen molar-refractivity contribution in [1.82, 2.24) is 0 Å². The van der Waals surface area contributed by atoms with Crippen molar-refractivity contribution in [2.24, 2.45) is 0 Å². The third kappa shape index (κ3) is 4.37. The lowest BCUT2D eigenvalue weighted by atomic mass is 10.1. The summed E-state index contributed by atoms with van der Waals surface area (Å²) >= 11 is 5.94. The lowest BCUT2D eigenvalue weighted by molar-refractivity contribution is -0.131. The highest BCUT2D eigenvalue weighted by molar-refractivity contribution is 6.48. The molecule has 0 amide bonds. The van der Waals surface area contributed by atoms with Crippen LogP contribution in [0.3, 0.4) is 0 Å². The molecule has 2 rings (SSSR count). The SMILES string of the molecule is C=C(Cl)c1cc(OCc2ccccc2C)cc(OC(C)=O)c1. The summed E-state index contributed by atoms with van der Waals surface area (Å²) in [5.41, 5.74) is 2.90. The summed E-state index contributed by atoms with van der Waals surface area (Å²) in [5, 5.41) is 0.356. The van der Waals surface area contributed by atoms with Gasteiger partial charge in [-0.1, -0.05) is 42.4 Å². The average Bonchev–Trinajstić information content (AvgIpc) is 2.45. The molecule has 0 aromatic heterocycles. The largest absolute Gasteiger partial charge is 0.489 e. The molecule has 0 heterocycles. The molecule has 4 heteroatoms. The van der Waals surface area contributed by atoms with Gasteiger partial charge in [0, 0.05) is 18.0 Å². The van der Waals surface area contributed by atoms with Crippen LogP contribution in [-0.4, -0.2) is 5.97 Å². The molecule has 0 bridgehead atoms. The molecule has 2 aromatic rings. The van der Waals surface area contributed by atoms with Crippen molar-refractivity contribution in [3.8, 4) is 11.5 Å². The summed E-state index contributed by atoms with van der Waals surface area (Å²) in [6.45, 7) is 7.48. The molecule has 0 saturated carbocycles. The first-order valence-electron chi connectivity index (χ1n) is 6.81. The van der Waals surface area contributed by atoms with E-state index in [4.69, 9.17) is 21.1 Å². The third-order valence-electron chi connectivity index (χ3n) is 3.11. The Hall–Kier alpha value is -2.26. The number of esters is 1. The molecular formula is C18H17ClO3. The number of hydrogen-bond donors (Lipinski definition) is 0. The van der Waals surface area contributed by atoms with Gasteiger partial charge in [-0.15, -0.1) is 0 Å². The lowest BCUT2D eigenvalue weighted by Crippen LogP contribution is -2.03. The summed E-state index contributed by atoms with van der Waals surface area (Å²) < 4.78 is 10.9. The van der Waals surface area contributed by atoms with Gasteiger partial charge < -0.3 is 9.47 Å². The van der Waals surface area contributed by atoms with Gasteiger partial charge in [0.15, 0.2) is 0 Å². The van der Waals surface area contributed by atoms with E-state index >= 15 is 0 Å². The molecule has 0 unspecified atom stereocenters. The molecule has 0 saturated heterocycles. The zero-order valence-electron chi connectivity index (χ0n) is 12.6. The summed E-state index contributed by atoms with van der Waals surface area (Å²) in [6.07, 6.45) is 0. The molecule has 0 fully saturated rings. The van der Waals surface area contributed by atoms with Crippen LogP contribution in [0.2, 0.25) is 0 Å². The van der Waals surface area contributed by atoms with Crippen LogP contribution in [0.25, 0.3) is 5.03 Å². The molecule has 0 atom stereocenters. The van der Waals surface area contributed by atoms with E-state index in [1.54, 1.807) is 18.2 Å². The highest BCUT2D eigenvalue weighted by atomic mass is 35.5. The van der Waals surface area contributed by atoms with Crippen LogP contribution >= 0.6 is 11.6 Å². The molecule has 0 aliphatic rings. The quantitative estimate of drug-likeness (QED) is 0.592. The standard InChI is InChI=1S/C18H17ClO3/c1-12-6-4-5-7-15(12)11-21-17-8-16(13(2)19)9-18(10-17)22-14(3)20/h4-10H,2,11H2,1,3H3. The van der Waals surface area contributed by atoms with Crippen LogP contribution in [0.1, 0.15) is 23.6 Å².